The van der Waals surface area contributed by atoms with Crippen molar-refractivity contribution < 1.29 is 0 Å². The van der Waals surface area contributed by atoms with Crippen LogP contribution < -0.4 is 5.73 Å². The summed E-state index contributed by atoms with van der Waals surface area (Å²) in [4.78, 5) is 2.48. The summed E-state index contributed by atoms with van der Waals surface area (Å²) in [7, 11) is 0. The van der Waals surface area contributed by atoms with Crippen LogP contribution in [-0.4, -0.2) is 29.6 Å². The van der Waals surface area contributed by atoms with E-state index in [-0.39, 0.29) is 5.54 Å². The predicted molar refractivity (Wildman–Crippen MR) is 59.8 cm³/mol. The molecule has 13 heavy (non-hydrogen) atoms. The van der Waals surface area contributed by atoms with Crippen molar-refractivity contribution in [1.29, 1.82) is 0 Å². The maximum Gasteiger partial charge on any atom is 0.0278 e. The van der Waals surface area contributed by atoms with Gasteiger partial charge < -0.3 is 5.73 Å². The first-order valence-corrected chi connectivity index (χ1v) is 5.28. The van der Waals surface area contributed by atoms with Crippen LogP contribution in [0, 0.1) is 5.92 Å². The zero-order valence-corrected chi connectivity index (χ0v) is 10.1. The molecule has 80 valence electrons. The van der Waals surface area contributed by atoms with Gasteiger partial charge in [0.1, 0.15) is 0 Å². The highest BCUT2D eigenvalue weighted by Crippen LogP contribution is 2.18. The van der Waals surface area contributed by atoms with E-state index in [9.17, 15) is 0 Å². The molecule has 0 saturated heterocycles. The molecule has 0 saturated carbocycles. The van der Waals surface area contributed by atoms with Crippen LogP contribution >= 0.6 is 0 Å². The first-order chi connectivity index (χ1) is 5.81. The highest BCUT2D eigenvalue weighted by molar-refractivity contribution is 4.85. The molecule has 0 aliphatic heterocycles. The first kappa shape index (κ1) is 12.9. The molecule has 0 radical (unpaired) electrons. The van der Waals surface area contributed by atoms with E-state index in [4.69, 9.17) is 5.73 Å². The molecule has 0 aliphatic carbocycles. The number of rotatable bonds is 5. The fourth-order valence-corrected chi connectivity index (χ4v) is 1.67. The van der Waals surface area contributed by atoms with Crippen molar-refractivity contribution in [2.75, 3.05) is 13.1 Å². The highest BCUT2D eigenvalue weighted by Gasteiger charge is 2.27. The van der Waals surface area contributed by atoms with Crippen LogP contribution in [0.1, 0.15) is 41.5 Å². The maximum atomic E-state index is 5.78. The van der Waals surface area contributed by atoms with Crippen LogP contribution in [0.15, 0.2) is 0 Å². The standard InChI is InChI=1S/C11H26N2/c1-9(2)7-13(10(3)4)11(5,6)8-12/h9-10H,7-8,12H2,1-6H3. The highest BCUT2D eigenvalue weighted by atomic mass is 15.2. The first-order valence-electron chi connectivity index (χ1n) is 5.28. The summed E-state index contributed by atoms with van der Waals surface area (Å²) in [6, 6.07) is 0.570. The van der Waals surface area contributed by atoms with E-state index in [0.29, 0.717) is 12.0 Å². The Morgan fingerprint density at radius 3 is 1.85 bits per heavy atom. The number of hydrogen-bond acceptors (Lipinski definition) is 2. The minimum Gasteiger partial charge on any atom is -0.329 e. The number of nitrogens with two attached hydrogens (primary N) is 1. The smallest absolute Gasteiger partial charge is 0.0278 e. The van der Waals surface area contributed by atoms with Gasteiger partial charge in [-0.1, -0.05) is 13.8 Å². The molecular weight excluding hydrogens is 160 g/mol. The van der Waals surface area contributed by atoms with Gasteiger partial charge in [-0.2, -0.15) is 0 Å². The summed E-state index contributed by atoms with van der Waals surface area (Å²) >= 11 is 0. The van der Waals surface area contributed by atoms with Gasteiger partial charge >= 0.3 is 0 Å². The van der Waals surface area contributed by atoms with Crippen LogP contribution in [0.5, 0.6) is 0 Å². The quantitative estimate of drug-likeness (QED) is 0.712. The normalized spacial score (nSPS) is 13.4. The molecular formula is C11H26N2. The lowest BCUT2D eigenvalue weighted by Crippen LogP contribution is -2.53. The summed E-state index contributed by atoms with van der Waals surface area (Å²) in [6.45, 7) is 15.3. The number of nitrogens with zero attached hydrogens (tertiary/aromatic N) is 1. The molecule has 0 aromatic carbocycles. The lowest BCUT2D eigenvalue weighted by atomic mass is 9.99. The Morgan fingerprint density at radius 2 is 1.62 bits per heavy atom. The van der Waals surface area contributed by atoms with Gasteiger partial charge in [-0.05, 0) is 33.6 Å². The Labute approximate surface area is 83.5 Å². The second-order valence-corrected chi connectivity index (χ2v) is 5.16. The zero-order chi connectivity index (χ0) is 10.6. The van der Waals surface area contributed by atoms with Gasteiger partial charge in [0.15, 0.2) is 0 Å². The second kappa shape index (κ2) is 4.97. The van der Waals surface area contributed by atoms with Crippen molar-refractivity contribution in [3.05, 3.63) is 0 Å². The van der Waals surface area contributed by atoms with Crippen molar-refractivity contribution >= 4 is 0 Å². The maximum absolute atomic E-state index is 5.78. The monoisotopic (exact) mass is 186 g/mol. The summed E-state index contributed by atoms with van der Waals surface area (Å²) in [5.41, 5.74) is 5.90. The fourth-order valence-electron chi connectivity index (χ4n) is 1.67. The molecule has 2 heteroatoms. The third kappa shape index (κ3) is 4.10. The third-order valence-corrected chi connectivity index (χ3v) is 2.46. The Bertz CT molecular complexity index is 139. The minimum absolute atomic E-state index is 0.123. The largest absolute Gasteiger partial charge is 0.329 e. The van der Waals surface area contributed by atoms with Crippen molar-refractivity contribution in [2.24, 2.45) is 11.7 Å². The molecule has 0 heterocycles. The van der Waals surface area contributed by atoms with Gasteiger partial charge in [-0.15, -0.1) is 0 Å². The molecule has 2 N–H and O–H groups in total. The molecule has 0 rings (SSSR count). The lowest BCUT2D eigenvalue weighted by molar-refractivity contribution is 0.0768. The van der Waals surface area contributed by atoms with Crippen molar-refractivity contribution in [3.8, 4) is 0 Å². The summed E-state index contributed by atoms with van der Waals surface area (Å²) in [5.74, 6) is 0.702. The second-order valence-electron chi connectivity index (χ2n) is 5.16. The van der Waals surface area contributed by atoms with E-state index >= 15 is 0 Å². The van der Waals surface area contributed by atoms with E-state index in [0.717, 1.165) is 13.1 Å². The van der Waals surface area contributed by atoms with Crippen LogP contribution in [0.3, 0.4) is 0 Å². The van der Waals surface area contributed by atoms with E-state index < -0.39 is 0 Å². The average molecular weight is 186 g/mol. The fraction of sp³-hybridized carbons (Fsp3) is 1.00. The number of hydrogen-bond donors (Lipinski definition) is 1. The van der Waals surface area contributed by atoms with Crippen LogP contribution in [0.2, 0.25) is 0 Å². The van der Waals surface area contributed by atoms with Crippen molar-refractivity contribution in [1.82, 2.24) is 4.90 Å². The Kier molecular flexibility index (Phi) is 4.93. The Morgan fingerprint density at radius 1 is 1.15 bits per heavy atom. The van der Waals surface area contributed by atoms with Crippen LogP contribution in [0.4, 0.5) is 0 Å². The van der Waals surface area contributed by atoms with E-state index in [1.165, 1.54) is 0 Å². The molecule has 0 unspecified atom stereocenters. The van der Waals surface area contributed by atoms with Crippen molar-refractivity contribution in [2.45, 2.75) is 53.1 Å². The van der Waals surface area contributed by atoms with Gasteiger partial charge in [0.25, 0.3) is 0 Å². The summed E-state index contributed by atoms with van der Waals surface area (Å²) in [6.07, 6.45) is 0. The predicted octanol–water partition coefficient (Wildman–Crippen LogP) is 2.09. The molecule has 2 nitrogen and oxygen atoms in total. The summed E-state index contributed by atoms with van der Waals surface area (Å²) in [5, 5.41) is 0. The molecule has 0 bridgehead atoms. The Balaban J connectivity index is 4.41. The van der Waals surface area contributed by atoms with Crippen LogP contribution in [-0.2, 0) is 0 Å². The van der Waals surface area contributed by atoms with E-state index in [1.807, 2.05) is 0 Å². The molecule has 0 atom stereocenters. The summed E-state index contributed by atoms with van der Waals surface area (Å²) < 4.78 is 0. The van der Waals surface area contributed by atoms with Gasteiger partial charge in [0, 0.05) is 24.7 Å². The van der Waals surface area contributed by atoms with E-state index in [1.54, 1.807) is 0 Å². The molecule has 0 fully saturated rings. The van der Waals surface area contributed by atoms with Crippen LogP contribution in [0.25, 0.3) is 0 Å². The molecule has 0 aromatic heterocycles. The SMILES string of the molecule is CC(C)CN(C(C)C)C(C)(C)CN. The Hall–Kier alpha value is -0.0800. The zero-order valence-electron chi connectivity index (χ0n) is 10.1. The molecule has 0 amide bonds. The van der Waals surface area contributed by atoms with Gasteiger partial charge in [-0.25, -0.2) is 0 Å². The van der Waals surface area contributed by atoms with E-state index in [2.05, 4.69) is 46.4 Å². The molecule has 0 aromatic rings. The minimum atomic E-state index is 0.123. The average Bonchev–Trinajstić information content (AvgIpc) is 1.99. The van der Waals surface area contributed by atoms with Gasteiger partial charge in [0.05, 0.1) is 0 Å². The third-order valence-electron chi connectivity index (χ3n) is 2.46. The lowest BCUT2D eigenvalue weighted by Gasteiger charge is -2.41. The van der Waals surface area contributed by atoms with Crippen molar-refractivity contribution in [3.63, 3.8) is 0 Å². The topological polar surface area (TPSA) is 29.3 Å². The van der Waals surface area contributed by atoms with Gasteiger partial charge in [-0.3, -0.25) is 4.90 Å². The molecule has 0 spiro atoms. The molecule has 0 aliphatic rings. The van der Waals surface area contributed by atoms with Gasteiger partial charge in [0.2, 0.25) is 0 Å².